The van der Waals surface area contributed by atoms with Crippen LogP contribution in [-0.4, -0.2) is 36.7 Å². The molecule has 0 saturated carbocycles. The van der Waals surface area contributed by atoms with E-state index in [0.29, 0.717) is 29.9 Å². The van der Waals surface area contributed by atoms with Crippen molar-refractivity contribution in [1.29, 1.82) is 0 Å². The van der Waals surface area contributed by atoms with E-state index in [1.807, 2.05) is 48.5 Å². The molecule has 3 aromatic rings. The second-order valence-electron chi connectivity index (χ2n) is 7.14. The normalized spacial score (nSPS) is 12.5. The molecule has 1 atom stereocenters. The van der Waals surface area contributed by atoms with Crippen LogP contribution in [0.2, 0.25) is 0 Å². The summed E-state index contributed by atoms with van der Waals surface area (Å²) in [5.74, 6) is -0.353. The highest BCUT2D eigenvalue weighted by Gasteiger charge is 2.25. The van der Waals surface area contributed by atoms with E-state index in [1.54, 1.807) is 39.1 Å². The molecular weight excluding hydrogens is 410 g/mol. The molecule has 3 rings (SSSR count). The summed E-state index contributed by atoms with van der Waals surface area (Å²) >= 11 is 0. The Morgan fingerprint density at radius 2 is 1.68 bits per heavy atom. The Morgan fingerprint density at radius 1 is 1.00 bits per heavy atom. The van der Waals surface area contributed by atoms with Crippen molar-refractivity contribution in [3.05, 3.63) is 95.3 Å². The van der Waals surface area contributed by atoms with E-state index in [1.165, 1.54) is 10.4 Å². The van der Waals surface area contributed by atoms with Gasteiger partial charge in [-0.1, -0.05) is 56.3 Å². The molecule has 0 saturated heterocycles. The van der Waals surface area contributed by atoms with Gasteiger partial charge in [0.2, 0.25) is 10.0 Å². The molecule has 2 aromatic carbocycles. The van der Waals surface area contributed by atoms with Crippen LogP contribution in [0, 0.1) is 6.92 Å². The zero-order valence-electron chi connectivity index (χ0n) is 17.9. The van der Waals surface area contributed by atoms with Crippen molar-refractivity contribution in [3.63, 3.8) is 0 Å². The molecule has 7 heteroatoms. The number of rotatable bonds is 8. The summed E-state index contributed by atoms with van der Waals surface area (Å²) in [7, 11) is -3.67. The van der Waals surface area contributed by atoms with Crippen LogP contribution in [0.15, 0.2) is 77.8 Å². The van der Waals surface area contributed by atoms with Gasteiger partial charge >= 0.3 is 0 Å². The van der Waals surface area contributed by atoms with Crippen molar-refractivity contribution in [1.82, 2.24) is 14.6 Å². The van der Waals surface area contributed by atoms with Gasteiger partial charge in [-0.05, 0) is 42.3 Å². The third-order valence-electron chi connectivity index (χ3n) is 5.19. The summed E-state index contributed by atoms with van der Waals surface area (Å²) in [4.78, 5) is 17.8. The number of amides is 1. The standard InChI is InChI=1S/C24H27N3O3S/c1-4-27(5-2)31(29,30)20-15-14-18(3)21(17-20)24(28)26-23(19-11-7-6-8-12-19)22-13-9-10-16-25-22/h6-17,23H,4-5H2,1-3H3,(H,26,28). The number of hydrogen-bond acceptors (Lipinski definition) is 4. The first-order chi connectivity index (χ1) is 14.9. The topological polar surface area (TPSA) is 79.4 Å². The predicted molar refractivity (Wildman–Crippen MR) is 121 cm³/mol. The lowest BCUT2D eigenvalue weighted by Crippen LogP contribution is -2.32. The average Bonchev–Trinajstić information content (AvgIpc) is 2.79. The van der Waals surface area contributed by atoms with Gasteiger partial charge in [-0.25, -0.2) is 8.42 Å². The van der Waals surface area contributed by atoms with E-state index in [4.69, 9.17) is 0 Å². The number of carbonyl (C=O) groups is 1. The molecule has 31 heavy (non-hydrogen) atoms. The lowest BCUT2D eigenvalue weighted by Gasteiger charge is -2.21. The van der Waals surface area contributed by atoms with E-state index in [9.17, 15) is 13.2 Å². The molecule has 0 aliphatic rings. The van der Waals surface area contributed by atoms with Gasteiger partial charge in [0.15, 0.2) is 0 Å². The molecule has 1 aromatic heterocycles. The van der Waals surface area contributed by atoms with Gasteiger partial charge < -0.3 is 5.32 Å². The van der Waals surface area contributed by atoms with Crippen molar-refractivity contribution in [2.45, 2.75) is 31.7 Å². The van der Waals surface area contributed by atoms with Gasteiger partial charge in [0.1, 0.15) is 0 Å². The maximum Gasteiger partial charge on any atom is 0.252 e. The summed E-state index contributed by atoms with van der Waals surface area (Å²) < 4.78 is 27.2. The van der Waals surface area contributed by atoms with Gasteiger partial charge in [0.05, 0.1) is 16.6 Å². The maximum atomic E-state index is 13.3. The highest BCUT2D eigenvalue weighted by atomic mass is 32.2. The molecule has 1 N–H and O–H groups in total. The van der Waals surface area contributed by atoms with Crippen LogP contribution in [0.4, 0.5) is 0 Å². The molecule has 0 fully saturated rings. The molecule has 162 valence electrons. The Labute approximate surface area is 184 Å². The summed E-state index contributed by atoms with van der Waals surface area (Å²) in [6, 6.07) is 19.3. The predicted octanol–water partition coefficient (Wildman–Crippen LogP) is 3.94. The van der Waals surface area contributed by atoms with Crippen LogP contribution in [0.5, 0.6) is 0 Å². The Morgan fingerprint density at radius 3 is 2.29 bits per heavy atom. The van der Waals surface area contributed by atoms with Crippen molar-refractivity contribution in [3.8, 4) is 0 Å². The minimum atomic E-state index is -3.67. The number of benzene rings is 2. The molecule has 6 nitrogen and oxygen atoms in total. The zero-order valence-corrected chi connectivity index (χ0v) is 18.8. The highest BCUT2D eigenvalue weighted by Crippen LogP contribution is 2.23. The molecule has 1 amide bonds. The fourth-order valence-corrected chi connectivity index (χ4v) is 4.93. The number of nitrogens with zero attached hydrogens (tertiary/aromatic N) is 2. The van der Waals surface area contributed by atoms with Gasteiger partial charge in [-0.3, -0.25) is 9.78 Å². The highest BCUT2D eigenvalue weighted by molar-refractivity contribution is 7.89. The van der Waals surface area contributed by atoms with E-state index in [0.717, 1.165) is 5.56 Å². The molecule has 0 spiro atoms. The Hall–Kier alpha value is -3.03. The van der Waals surface area contributed by atoms with Crippen molar-refractivity contribution in [2.24, 2.45) is 0 Å². The lowest BCUT2D eigenvalue weighted by atomic mass is 10.0. The van der Waals surface area contributed by atoms with Crippen molar-refractivity contribution < 1.29 is 13.2 Å². The number of nitrogens with one attached hydrogen (secondary N) is 1. The van der Waals surface area contributed by atoms with Crippen molar-refractivity contribution in [2.75, 3.05) is 13.1 Å². The molecule has 1 heterocycles. The number of sulfonamides is 1. The van der Waals surface area contributed by atoms with E-state index in [2.05, 4.69) is 10.3 Å². The zero-order chi connectivity index (χ0) is 22.4. The number of carbonyl (C=O) groups excluding carboxylic acids is 1. The van der Waals surface area contributed by atoms with Crippen LogP contribution < -0.4 is 5.32 Å². The largest absolute Gasteiger partial charge is 0.340 e. The SMILES string of the molecule is CCN(CC)S(=O)(=O)c1ccc(C)c(C(=O)NC(c2ccccc2)c2ccccn2)c1. The lowest BCUT2D eigenvalue weighted by molar-refractivity contribution is 0.0941. The van der Waals surface area contributed by atoms with Crippen LogP contribution >= 0.6 is 0 Å². The maximum absolute atomic E-state index is 13.3. The van der Waals surface area contributed by atoms with Crippen LogP contribution in [0.3, 0.4) is 0 Å². The first-order valence-corrected chi connectivity index (χ1v) is 11.7. The van der Waals surface area contributed by atoms with E-state index in [-0.39, 0.29) is 10.8 Å². The summed E-state index contributed by atoms with van der Waals surface area (Å²) in [5, 5.41) is 3.03. The second-order valence-corrected chi connectivity index (χ2v) is 9.08. The Bertz CT molecular complexity index is 1090. The monoisotopic (exact) mass is 437 g/mol. The fraction of sp³-hybridized carbons (Fsp3) is 0.250. The minimum Gasteiger partial charge on any atom is -0.340 e. The third-order valence-corrected chi connectivity index (χ3v) is 7.23. The van der Waals surface area contributed by atoms with Crippen LogP contribution in [-0.2, 0) is 10.0 Å². The number of hydrogen-bond donors (Lipinski definition) is 1. The van der Waals surface area contributed by atoms with E-state index >= 15 is 0 Å². The number of aromatic nitrogens is 1. The quantitative estimate of drug-likeness (QED) is 0.579. The first kappa shape index (κ1) is 22.7. The van der Waals surface area contributed by atoms with Crippen molar-refractivity contribution >= 4 is 15.9 Å². The molecule has 0 aliphatic carbocycles. The average molecular weight is 438 g/mol. The second kappa shape index (κ2) is 9.85. The Kier molecular flexibility index (Phi) is 7.20. The minimum absolute atomic E-state index is 0.112. The van der Waals surface area contributed by atoms with E-state index < -0.39 is 16.1 Å². The van der Waals surface area contributed by atoms with Crippen LogP contribution in [0.1, 0.15) is 47.1 Å². The molecule has 1 unspecified atom stereocenters. The molecule has 0 aliphatic heterocycles. The molecular formula is C24H27N3O3S. The third kappa shape index (κ3) is 5.00. The summed E-state index contributed by atoms with van der Waals surface area (Å²) in [6.45, 7) is 6.11. The number of aryl methyl sites for hydroxylation is 1. The van der Waals surface area contributed by atoms with Gasteiger partial charge in [-0.15, -0.1) is 0 Å². The molecule has 0 bridgehead atoms. The smallest absolute Gasteiger partial charge is 0.252 e. The summed E-state index contributed by atoms with van der Waals surface area (Å²) in [6.07, 6.45) is 1.68. The fourth-order valence-electron chi connectivity index (χ4n) is 3.45. The van der Waals surface area contributed by atoms with Gasteiger partial charge in [0, 0.05) is 24.8 Å². The van der Waals surface area contributed by atoms with Gasteiger partial charge in [0.25, 0.3) is 5.91 Å². The summed E-state index contributed by atoms with van der Waals surface area (Å²) in [5.41, 5.74) is 2.61. The number of pyridine rings is 1. The Balaban J connectivity index is 1.98. The van der Waals surface area contributed by atoms with Crippen LogP contribution in [0.25, 0.3) is 0 Å². The molecule has 0 radical (unpaired) electrons. The van der Waals surface area contributed by atoms with Gasteiger partial charge in [-0.2, -0.15) is 4.31 Å². The first-order valence-electron chi connectivity index (χ1n) is 10.3.